The number of carbonyl (C=O) groups excluding carboxylic acids is 2. The van der Waals surface area contributed by atoms with Crippen molar-refractivity contribution in [2.75, 3.05) is 12.0 Å². The molecular weight excluding hydrogens is 470 g/mol. The molecule has 2 heterocycles. The molecule has 0 aliphatic heterocycles. The zero-order valence-electron chi connectivity index (χ0n) is 21.1. The molecule has 0 spiro atoms. The van der Waals surface area contributed by atoms with Crippen LogP contribution in [0.1, 0.15) is 49.7 Å². The minimum absolute atomic E-state index is 0.0707. The lowest BCUT2D eigenvalue weighted by atomic mass is 9.95. The molecule has 9 heteroatoms. The van der Waals surface area contributed by atoms with Crippen molar-refractivity contribution in [3.05, 3.63) is 72.2 Å². The van der Waals surface area contributed by atoms with Crippen molar-refractivity contribution in [3.8, 4) is 5.75 Å². The number of nitrogens with zero attached hydrogens (tertiary/aromatic N) is 4. The molecule has 1 fully saturated rings. The van der Waals surface area contributed by atoms with Crippen LogP contribution in [-0.2, 0) is 16.1 Å². The number of para-hydroxylation sites is 1. The van der Waals surface area contributed by atoms with Gasteiger partial charge in [0.15, 0.2) is 6.04 Å². The van der Waals surface area contributed by atoms with E-state index in [1.165, 1.54) is 11.3 Å². The van der Waals surface area contributed by atoms with E-state index < -0.39 is 6.04 Å². The van der Waals surface area contributed by atoms with E-state index in [9.17, 15) is 9.59 Å². The Morgan fingerprint density at radius 1 is 1.11 bits per heavy atom. The summed E-state index contributed by atoms with van der Waals surface area (Å²) in [6.45, 7) is 1.71. The molecule has 2 amide bonds. The van der Waals surface area contributed by atoms with Gasteiger partial charge in [0.25, 0.3) is 5.91 Å². The number of nitrogens with one attached hydrogen (secondary N) is 1. The number of methoxy groups -OCH3 is 1. The minimum Gasteiger partial charge on any atom is -0.497 e. The number of aryl methyl sites for hydroxylation is 1. The van der Waals surface area contributed by atoms with E-state index in [0.29, 0.717) is 28.5 Å². The number of aromatic nitrogens is 3. The second kappa shape index (κ2) is 10.9. The van der Waals surface area contributed by atoms with E-state index in [1.807, 2.05) is 31.2 Å². The van der Waals surface area contributed by atoms with Gasteiger partial charge in [-0.1, -0.05) is 42.7 Å². The van der Waals surface area contributed by atoms with Crippen LogP contribution >= 0.6 is 0 Å². The Hall–Kier alpha value is -4.14. The van der Waals surface area contributed by atoms with Crippen molar-refractivity contribution >= 4 is 28.5 Å². The van der Waals surface area contributed by atoms with Crippen LogP contribution in [0.15, 0.2) is 65.1 Å². The Kier molecular flexibility index (Phi) is 7.20. The van der Waals surface area contributed by atoms with Crippen molar-refractivity contribution in [1.29, 1.82) is 0 Å². The highest BCUT2D eigenvalue weighted by Gasteiger charge is 2.36. The van der Waals surface area contributed by atoms with Gasteiger partial charge in [0.2, 0.25) is 5.91 Å². The summed E-state index contributed by atoms with van der Waals surface area (Å²) in [7, 11) is 1.57. The number of ether oxygens (including phenoxy) is 1. The van der Waals surface area contributed by atoms with Crippen LogP contribution in [0.5, 0.6) is 5.75 Å². The number of rotatable bonds is 8. The molecule has 1 saturated carbocycles. The van der Waals surface area contributed by atoms with E-state index in [0.717, 1.165) is 31.2 Å². The molecule has 37 heavy (non-hydrogen) atoms. The lowest BCUT2D eigenvalue weighted by molar-refractivity contribution is -0.128. The summed E-state index contributed by atoms with van der Waals surface area (Å²) in [5.74, 6) is 1.02. The van der Waals surface area contributed by atoms with Crippen LogP contribution in [0.2, 0.25) is 0 Å². The van der Waals surface area contributed by atoms with E-state index >= 15 is 0 Å². The Morgan fingerprint density at radius 3 is 2.68 bits per heavy atom. The SMILES string of the molecule is COc1cccc(N(C(=O)Cn2nnc3ccccc32)C(C(=O)NC2CCCCC2)c2ccc(C)o2)c1. The topological polar surface area (TPSA) is 102 Å². The standard InChI is InChI=1S/C28H31N5O4/c1-19-15-16-25(37-19)27(28(35)29-20-9-4-3-5-10-20)33(21-11-8-12-22(17-21)36-2)26(34)18-32-24-14-7-6-13-23(24)30-31-32/h6-8,11-17,20,27H,3-5,9-10,18H2,1-2H3,(H,29,35). The molecule has 1 N–H and O–H groups in total. The molecule has 1 unspecified atom stereocenters. The lowest BCUT2D eigenvalue weighted by Gasteiger charge is -2.32. The molecule has 0 bridgehead atoms. The first kappa shape index (κ1) is 24.5. The summed E-state index contributed by atoms with van der Waals surface area (Å²) in [6.07, 6.45) is 5.18. The molecule has 4 aromatic rings. The van der Waals surface area contributed by atoms with Gasteiger partial charge in [-0.25, -0.2) is 4.68 Å². The predicted molar refractivity (Wildman–Crippen MR) is 139 cm³/mol. The van der Waals surface area contributed by atoms with Crippen molar-refractivity contribution in [2.24, 2.45) is 0 Å². The first-order valence-corrected chi connectivity index (χ1v) is 12.6. The smallest absolute Gasteiger partial charge is 0.251 e. The van der Waals surface area contributed by atoms with Crippen molar-refractivity contribution in [2.45, 2.75) is 57.7 Å². The number of fused-ring (bicyclic) bond motifs is 1. The van der Waals surface area contributed by atoms with Crippen LogP contribution in [0.25, 0.3) is 11.0 Å². The number of benzene rings is 2. The molecule has 0 saturated heterocycles. The van der Waals surface area contributed by atoms with Crippen LogP contribution in [0.3, 0.4) is 0 Å². The summed E-state index contributed by atoms with van der Waals surface area (Å²) in [5.41, 5.74) is 1.95. The van der Waals surface area contributed by atoms with Crippen molar-refractivity contribution in [1.82, 2.24) is 20.3 Å². The van der Waals surface area contributed by atoms with Gasteiger partial charge in [-0.05, 0) is 56.2 Å². The number of hydrogen-bond donors (Lipinski definition) is 1. The van der Waals surface area contributed by atoms with Crippen molar-refractivity contribution < 1.29 is 18.7 Å². The normalized spacial score (nSPS) is 14.9. The van der Waals surface area contributed by atoms with Gasteiger partial charge in [0.1, 0.15) is 29.3 Å². The molecule has 2 aromatic heterocycles. The van der Waals surface area contributed by atoms with Gasteiger partial charge in [0.05, 0.1) is 12.6 Å². The Labute approximate surface area is 215 Å². The van der Waals surface area contributed by atoms with Crippen LogP contribution in [0.4, 0.5) is 5.69 Å². The summed E-state index contributed by atoms with van der Waals surface area (Å²) in [6, 6.07) is 17.2. The van der Waals surface area contributed by atoms with Gasteiger partial charge >= 0.3 is 0 Å². The maximum atomic E-state index is 14.0. The van der Waals surface area contributed by atoms with Gasteiger partial charge in [-0.3, -0.25) is 14.5 Å². The maximum Gasteiger partial charge on any atom is 0.251 e. The molecule has 192 valence electrons. The highest BCUT2D eigenvalue weighted by Crippen LogP contribution is 2.32. The van der Waals surface area contributed by atoms with E-state index in [2.05, 4.69) is 15.6 Å². The zero-order valence-corrected chi connectivity index (χ0v) is 21.1. The summed E-state index contributed by atoms with van der Waals surface area (Å²) in [5, 5.41) is 11.6. The highest BCUT2D eigenvalue weighted by molar-refractivity contribution is 6.01. The fraction of sp³-hybridized carbons (Fsp3) is 0.357. The third-order valence-electron chi connectivity index (χ3n) is 6.79. The van der Waals surface area contributed by atoms with Crippen LogP contribution < -0.4 is 15.0 Å². The van der Waals surface area contributed by atoms with Gasteiger partial charge in [-0.2, -0.15) is 0 Å². The predicted octanol–water partition coefficient (Wildman–Crippen LogP) is 4.56. The number of carbonyl (C=O) groups is 2. The number of amides is 2. The minimum atomic E-state index is -1.01. The third-order valence-corrected chi connectivity index (χ3v) is 6.79. The van der Waals surface area contributed by atoms with Gasteiger partial charge < -0.3 is 14.5 Å². The molecule has 0 radical (unpaired) electrons. The molecule has 1 atom stereocenters. The highest BCUT2D eigenvalue weighted by atomic mass is 16.5. The maximum absolute atomic E-state index is 14.0. The monoisotopic (exact) mass is 501 g/mol. The molecule has 1 aliphatic rings. The Bertz CT molecular complexity index is 1390. The van der Waals surface area contributed by atoms with Crippen LogP contribution in [0, 0.1) is 6.92 Å². The van der Waals surface area contributed by atoms with Gasteiger partial charge in [-0.15, -0.1) is 5.10 Å². The molecule has 1 aliphatic carbocycles. The second-order valence-electron chi connectivity index (χ2n) is 9.40. The quantitative estimate of drug-likeness (QED) is 0.380. The number of hydrogen-bond acceptors (Lipinski definition) is 6. The average molecular weight is 502 g/mol. The van der Waals surface area contributed by atoms with Gasteiger partial charge in [0, 0.05) is 17.8 Å². The molecule has 2 aromatic carbocycles. The fourth-order valence-corrected chi connectivity index (χ4v) is 4.94. The summed E-state index contributed by atoms with van der Waals surface area (Å²) < 4.78 is 12.9. The first-order valence-electron chi connectivity index (χ1n) is 12.6. The molecular formula is C28H31N5O4. The Morgan fingerprint density at radius 2 is 1.92 bits per heavy atom. The average Bonchev–Trinajstić information content (AvgIpc) is 3.53. The second-order valence-corrected chi connectivity index (χ2v) is 9.40. The molecule has 9 nitrogen and oxygen atoms in total. The zero-order chi connectivity index (χ0) is 25.8. The summed E-state index contributed by atoms with van der Waals surface area (Å²) in [4.78, 5) is 29.4. The lowest BCUT2D eigenvalue weighted by Crippen LogP contribution is -2.48. The number of furan rings is 1. The van der Waals surface area contributed by atoms with E-state index in [4.69, 9.17) is 9.15 Å². The van der Waals surface area contributed by atoms with E-state index in [1.54, 1.807) is 48.2 Å². The third kappa shape index (κ3) is 5.35. The van der Waals surface area contributed by atoms with E-state index in [-0.39, 0.29) is 24.4 Å². The molecule has 5 rings (SSSR count). The van der Waals surface area contributed by atoms with Crippen molar-refractivity contribution in [3.63, 3.8) is 0 Å². The number of anilines is 1. The van der Waals surface area contributed by atoms with Crippen LogP contribution in [-0.4, -0.2) is 40.0 Å². The summed E-state index contributed by atoms with van der Waals surface area (Å²) >= 11 is 0. The Balaban J connectivity index is 1.55. The largest absolute Gasteiger partial charge is 0.497 e. The first-order chi connectivity index (χ1) is 18.0. The fourth-order valence-electron chi connectivity index (χ4n) is 4.94.